The standard InChI is InChI=1S/C19H17ClN2O5S/c1-2-27-19(24)16-11-28-18(12-6-4-3-5-7-12)21(16)17(23)13-8-9-14(20)15(10-13)22(25)26/h3-10,16,18H,2,11H2,1H3. The third kappa shape index (κ3) is 3.98. The van der Waals surface area contributed by atoms with Crippen LogP contribution in [0.1, 0.15) is 28.2 Å². The van der Waals surface area contributed by atoms with E-state index >= 15 is 0 Å². The highest BCUT2D eigenvalue weighted by Gasteiger charge is 2.43. The van der Waals surface area contributed by atoms with Crippen molar-refractivity contribution in [1.82, 2.24) is 4.90 Å². The molecule has 0 N–H and O–H groups in total. The van der Waals surface area contributed by atoms with Crippen molar-refractivity contribution >= 4 is 40.9 Å². The van der Waals surface area contributed by atoms with Crippen LogP contribution in [-0.4, -0.2) is 40.1 Å². The molecule has 3 rings (SSSR count). The fourth-order valence-corrected chi connectivity index (χ4v) is 4.58. The van der Waals surface area contributed by atoms with Gasteiger partial charge in [0.25, 0.3) is 11.6 Å². The minimum Gasteiger partial charge on any atom is -0.464 e. The second kappa shape index (κ2) is 8.62. The SMILES string of the molecule is CCOC(=O)C1CSC(c2ccccc2)N1C(=O)c1ccc(Cl)c([N+](=O)[O-])c1. The number of esters is 1. The number of benzene rings is 2. The number of rotatable bonds is 5. The molecule has 0 radical (unpaired) electrons. The van der Waals surface area contributed by atoms with E-state index in [1.807, 2.05) is 30.3 Å². The number of nitrogens with zero attached hydrogens (tertiary/aromatic N) is 2. The lowest BCUT2D eigenvalue weighted by Gasteiger charge is -2.28. The Balaban J connectivity index is 2.01. The summed E-state index contributed by atoms with van der Waals surface area (Å²) in [6.07, 6.45) is 0. The van der Waals surface area contributed by atoms with Crippen molar-refractivity contribution < 1.29 is 19.2 Å². The Hall–Kier alpha value is -2.58. The Labute approximate surface area is 170 Å². The molecule has 28 heavy (non-hydrogen) atoms. The number of thioether (sulfide) groups is 1. The molecule has 9 heteroatoms. The first-order chi connectivity index (χ1) is 13.4. The number of carbonyl (C=O) groups excluding carboxylic acids is 2. The molecule has 1 saturated heterocycles. The average molecular weight is 421 g/mol. The maximum atomic E-state index is 13.3. The van der Waals surface area contributed by atoms with Gasteiger partial charge in [-0.25, -0.2) is 4.79 Å². The van der Waals surface area contributed by atoms with Gasteiger partial charge in [-0.1, -0.05) is 41.9 Å². The molecule has 0 saturated carbocycles. The van der Waals surface area contributed by atoms with Crippen molar-refractivity contribution in [2.75, 3.05) is 12.4 Å². The van der Waals surface area contributed by atoms with Gasteiger partial charge in [-0.3, -0.25) is 14.9 Å². The van der Waals surface area contributed by atoms with Crippen molar-refractivity contribution in [2.45, 2.75) is 18.3 Å². The predicted octanol–water partition coefficient (Wildman–Crippen LogP) is 4.07. The summed E-state index contributed by atoms with van der Waals surface area (Å²) in [7, 11) is 0. The van der Waals surface area contributed by atoms with Crippen LogP contribution in [-0.2, 0) is 9.53 Å². The van der Waals surface area contributed by atoms with Crippen LogP contribution in [0.15, 0.2) is 48.5 Å². The number of hydrogen-bond donors (Lipinski definition) is 0. The van der Waals surface area contributed by atoms with E-state index in [0.717, 1.165) is 11.6 Å². The monoisotopic (exact) mass is 420 g/mol. The zero-order chi connectivity index (χ0) is 20.3. The van der Waals surface area contributed by atoms with E-state index in [4.69, 9.17) is 16.3 Å². The number of amides is 1. The van der Waals surface area contributed by atoms with Gasteiger partial charge < -0.3 is 9.64 Å². The van der Waals surface area contributed by atoms with Gasteiger partial charge in [-0.2, -0.15) is 0 Å². The van der Waals surface area contributed by atoms with Gasteiger partial charge in [0.05, 0.1) is 11.5 Å². The highest BCUT2D eigenvalue weighted by Crippen LogP contribution is 2.42. The Bertz CT molecular complexity index is 908. The van der Waals surface area contributed by atoms with E-state index in [0.29, 0.717) is 5.75 Å². The number of hydrogen-bond acceptors (Lipinski definition) is 6. The van der Waals surface area contributed by atoms with Crippen LogP contribution < -0.4 is 0 Å². The second-order valence-corrected chi connectivity index (χ2v) is 7.52. The van der Waals surface area contributed by atoms with Crippen LogP contribution in [0.5, 0.6) is 0 Å². The van der Waals surface area contributed by atoms with Gasteiger partial charge in [0, 0.05) is 17.4 Å². The maximum Gasteiger partial charge on any atom is 0.329 e. The first kappa shape index (κ1) is 20.2. The fourth-order valence-electron chi connectivity index (χ4n) is 2.98. The first-order valence-electron chi connectivity index (χ1n) is 8.53. The summed E-state index contributed by atoms with van der Waals surface area (Å²) in [6, 6.07) is 12.4. The molecule has 7 nitrogen and oxygen atoms in total. The van der Waals surface area contributed by atoms with Gasteiger partial charge in [0.2, 0.25) is 0 Å². The summed E-state index contributed by atoms with van der Waals surface area (Å²) in [5.41, 5.74) is 0.591. The fraction of sp³-hybridized carbons (Fsp3) is 0.263. The predicted molar refractivity (Wildman–Crippen MR) is 106 cm³/mol. The van der Waals surface area contributed by atoms with E-state index in [9.17, 15) is 19.7 Å². The largest absolute Gasteiger partial charge is 0.464 e. The van der Waals surface area contributed by atoms with Crippen LogP contribution in [0.4, 0.5) is 5.69 Å². The van der Waals surface area contributed by atoms with Crippen LogP contribution in [0.25, 0.3) is 0 Å². The first-order valence-corrected chi connectivity index (χ1v) is 9.96. The Morgan fingerprint density at radius 1 is 1.29 bits per heavy atom. The van der Waals surface area contributed by atoms with Crippen LogP contribution >= 0.6 is 23.4 Å². The van der Waals surface area contributed by atoms with Crippen LogP contribution in [0, 0.1) is 10.1 Å². The molecule has 1 fully saturated rings. The van der Waals surface area contributed by atoms with Crippen molar-refractivity contribution in [3.05, 3.63) is 74.8 Å². The number of carbonyl (C=O) groups is 2. The highest BCUT2D eigenvalue weighted by molar-refractivity contribution is 7.99. The van der Waals surface area contributed by atoms with Gasteiger partial charge in [0.15, 0.2) is 0 Å². The molecule has 2 aromatic carbocycles. The molecule has 2 atom stereocenters. The molecule has 1 heterocycles. The average Bonchev–Trinajstić information content (AvgIpc) is 3.13. The zero-order valence-electron chi connectivity index (χ0n) is 14.9. The smallest absolute Gasteiger partial charge is 0.329 e. The lowest BCUT2D eigenvalue weighted by atomic mass is 10.1. The van der Waals surface area contributed by atoms with Crippen molar-refractivity contribution in [3.63, 3.8) is 0 Å². The summed E-state index contributed by atoms with van der Waals surface area (Å²) in [6.45, 7) is 1.90. The Morgan fingerprint density at radius 2 is 2.00 bits per heavy atom. The Kier molecular flexibility index (Phi) is 6.21. The minimum atomic E-state index is -0.780. The number of nitro groups is 1. The van der Waals surface area contributed by atoms with Crippen molar-refractivity contribution in [2.24, 2.45) is 0 Å². The van der Waals surface area contributed by atoms with Gasteiger partial charge in [0.1, 0.15) is 16.4 Å². The van der Waals surface area contributed by atoms with Crippen LogP contribution in [0.2, 0.25) is 5.02 Å². The minimum absolute atomic E-state index is 0.0566. The number of halogens is 1. The van der Waals surface area contributed by atoms with Crippen molar-refractivity contribution in [3.8, 4) is 0 Å². The molecule has 0 spiro atoms. The lowest BCUT2D eigenvalue weighted by Crippen LogP contribution is -2.43. The van der Waals surface area contributed by atoms with E-state index in [-0.39, 0.29) is 22.9 Å². The summed E-state index contributed by atoms with van der Waals surface area (Å²) in [5.74, 6) is -0.610. The Morgan fingerprint density at radius 3 is 2.64 bits per heavy atom. The molecular weight excluding hydrogens is 404 g/mol. The third-order valence-corrected chi connectivity index (χ3v) is 5.91. The second-order valence-electron chi connectivity index (χ2n) is 6.00. The van der Waals surface area contributed by atoms with Gasteiger partial charge in [-0.15, -0.1) is 11.8 Å². The lowest BCUT2D eigenvalue weighted by molar-refractivity contribution is -0.384. The summed E-state index contributed by atoms with van der Waals surface area (Å²) in [5, 5.41) is 10.7. The molecule has 2 aromatic rings. The highest BCUT2D eigenvalue weighted by atomic mass is 35.5. The molecular formula is C19H17ClN2O5S. The maximum absolute atomic E-state index is 13.3. The quantitative estimate of drug-likeness (QED) is 0.411. The topological polar surface area (TPSA) is 89.8 Å². The summed E-state index contributed by atoms with van der Waals surface area (Å²) < 4.78 is 5.13. The molecule has 0 bridgehead atoms. The molecule has 0 aliphatic carbocycles. The molecule has 146 valence electrons. The molecule has 2 unspecified atom stereocenters. The van der Waals surface area contributed by atoms with Crippen molar-refractivity contribution in [1.29, 1.82) is 0 Å². The van der Waals surface area contributed by atoms with Crippen LogP contribution in [0.3, 0.4) is 0 Å². The third-order valence-electron chi connectivity index (χ3n) is 4.27. The van der Waals surface area contributed by atoms with E-state index in [1.54, 1.807) is 6.92 Å². The van der Waals surface area contributed by atoms with Gasteiger partial charge >= 0.3 is 5.97 Å². The molecule has 1 aliphatic heterocycles. The van der Waals surface area contributed by atoms with Gasteiger partial charge in [-0.05, 0) is 24.6 Å². The zero-order valence-corrected chi connectivity index (χ0v) is 16.5. The number of ether oxygens (including phenoxy) is 1. The molecule has 0 aromatic heterocycles. The molecule has 1 aliphatic rings. The van der Waals surface area contributed by atoms with E-state index < -0.39 is 28.2 Å². The number of nitro benzene ring substituents is 1. The summed E-state index contributed by atoms with van der Waals surface area (Å²) in [4.78, 5) is 37.7. The molecule has 1 amide bonds. The normalized spacial score (nSPS) is 18.7. The summed E-state index contributed by atoms with van der Waals surface area (Å²) >= 11 is 7.30. The van der Waals surface area contributed by atoms with E-state index in [2.05, 4.69) is 0 Å². The van der Waals surface area contributed by atoms with E-state index in [1.165, 1.54) is 28.8 Å².